The molecule has 3 heterocycles. The SMILES string of the molecule is CCNC(=NCCCc1nnc2ccccn12)N1CCN(c2ccccc2Cl)CC1.I. The predicted molar refractivity (Wildman–Crippen MR) is 138 cm³/mol. The van der Waals surface area contributed by atoms with E-state index >= 15 is 0 Å². The number of nitrogens with zero attached hydrogens (tertiary/aromatic N) is 6. The highest BCUT2D eigenvalue weighted by atomic mass is 127. The molecule has 7 nitrogen and oxygen atoms in total. The van der Waals surface area contributed by atoms with E-state index in [0.717, 1.165) is 80.3 Å². The van der Waals surface area contributed by atoms with Crippen molar-refractivity contribution in [1.29, 1.82) is 0 Å². The first-order chi connectivity index (χ1) is 14.8. The van der Waals surface area contributed by atoms with Gasteiger partial charge in [0.05, 0.1) is 10.7 Å². The fourth-order valence-electron chi connectivity index (χ4n) is 3.78. The first-order valence-corrected chi connectivity index (χ1v) is 11.0. The predicted octanol–water partition coefficient (Wildman–Crippen LogP) is 3.72. The van der Waals surface area contributed by atoms with Gasteiger partial charge in [-0.15, -0.1) is 34.2 Å². The number of aromatic nitrogens is 3. The normalized spacial score (nSPS) is 14.6. The van der Waals surface area contributed by atoms with E-state index in [4.69, 9.17) is 16.6 Å². The molecule has 0 atom stereocenters. The average Bonchev–Trinajstić information content (AvgIpc) is 3.20. The zero-order valence-corrected chi connectivity index (χ0v) is 20.8. The number of guanidine groups is 1. The molecule has 0 bridgehead atoms. The van der Waals surface area contributed by atoms with Gasteiger partial charge in [0.25, 0.3) is 0 Å². The van der Waals surface area contributed by atoms with Gasteiger partial charge in [0, 0.05) is 51.9 Å². The highest BCUT2D eigenvalue weighted by molar-refractivity contribution is 14.0. The van der Waals surface area contributed by atoms with E-state index in [-0.39, 0.29) is 24.0 Å². The Balaban J connectivity index is 0.00000272. The number of nitrogens with one attached hydrogen (secondary N) is 1. The van der Waals surface area contributed by atoms with Gasteiger partial charge in [-0.3, -0.25) is 9.39 Å². The van der Waals surface area contributed by atoms with Crippen molar-refractivity contribution >= 4 is 52.9 Å². The smallest absolute Gasteiger partial charge is 0.194 e. The number of halogens is 2. The third kappa shape index (κ3) is 5.79. The summed E-state index contributed by atoms with van der Waals surface area (Å²) in [6, 6.07) is 14.0. The molecule has 1 fully saturated rings. The van der Waals surface area contributed by atoms with Gasteiger partial charge in [0.15, 0.2) is 11.6 Å². The molecule has 1 N–H and O–H groups in total. The number of piperazine rings is 1. The Morgan fingerprint density at radius 1 is 1.06 bits per heavy atom. The third-order valence-electron chi connectivity index (χ3n) is 5.31. The van der Waals surface area contributed by atoms with E-state index in [1.54, 1.807) is 0 Å². The molecule has 9 heteroatoms. The number of aliphatic imine (C=N–C) groups is 1. The quantitative estimate of drug-likeness (QED) is 0.218. The molecule has 1 aliphatic heterocycles. The van der Waals surface area contributed by atoms with E-state index in [0.29, 0.717) is 0 Å². The van der Waals surface area contributed by atoms with Crippen LogP contribution in [0, 0.1) is 0 Å². The summed E-state index contributed by atoms with van der Waals surface area (Å²) < 4.78 is 2.04. The highest BCUT2D eigenvalue weighted by Crippen LogP contribution is 2.26. The fourth-order valence-corrected chi connectivity index (χ4v) is 4.03. The molecule has 0 unspecified atom stereocenters. The Bertz CT molecular complexity index is 998. The van der Waals surface area contributed by atoms with E-state index < -0.39 is 0 Å². The number of hydrogen-bond donors (Lipinski definition) is 1. The molecule has 4 rings (SSSR count). The number of pyridine rings is 1. The molecular formula is C22H29ClIN7. The van der Waals surface area contributed by atoms with E-state index in [1.807, 2.05) is 47.0 Å². The lowest BCUT2D eigenvalue weighted by atomic mass is 10.2. The van der Waals surface area contributed by atoms with Crippen LogP contribution in [0.15, 0.2) is 53.7 Å². The number of hydrogen-bond acceptors (Lipinski definition) is 4. The van der Waals surface area contributed by atoms with Gasteiger partial charge in [-0.25, -0.2) is 0 Å². The summed E-state index contributed by atoms with van der Waals surface area (Å²) in [7, 11) is 0. The van der Waals surface area contributed by atoms with Crippen molar-refractivity contribution in [3.8, 4) is 0 Å². The van der Waals surface area contributed by atoms with Gasteiger partial charge >= 0.3 is 0 Å². The Morgan fingerprint density at radius 2 is 1.84 bits per heavy atom. The van der Waals surface area contributed by atoms with Crippen molar-refractivity contribution in [3.05, 3.63) is 59.5 Å². The van der Waals surface area contributed by atoms with Crippen LogP contribution in [0.4, 0.5) is 5.69 Å². The second-order valence-electron chi connectivity index (χ2n) is 7.31. The van der Waals surface area contributed by atoms with E-state index in [2.05, 4.69) is 38.3 Å². The van der Waals surface area contributed by atoms with Crippen molar-refractivity contribution in [2.45, 2.75) is 19.8 Å². The molecule has 31 heavy (non-hydrogen) atoms. The Labute approximate surface area is 205 Å². The Morgan fingerprint density at radius 3 is 2.61 bits per heavy atom. The van der Waals surface area contributed by atoms with Crippen LogP contribution >= 0.6 is 35.6 Å². The lowest BCUT2D eigenvalue weighted by Gasteiger charge is -2.38. The van der Waals surface area contributed by atoms with Gasteiger partial charge in [-0.05, 0) is 37.6 Å². The Hall–Kier alpha value is -2.07. The minimum Gasteiger partial charge on any atom is -0.367 e. The van der Waals surface area contributed by atoms with E-state index in [9.17, 15) is 0 Å². The van der Waals surface area contributed by atoms with Crippen LogP contribution in [-0.2, 0) is 6.42 Å². The summed E-state index contributed by atoms with van der Waals surface area (Å²) in [6.07, 6.45) is 3.80. The average molecular weight is 554 g/mol. The van der Waals surface area contributed by atoms with Crippen molar-refractivity contribution in [1.82, 2.24) is 24.8 Å². The number of anilines is 1. The number of benzene rings is 1. The van der Waals surface area contributed by atoms with Gasteiger partial charge < -0.3 is 15.1 Å². The molecule has 1 aromatic carbocycles. The molecule has 0 saturated carbocycles. The molecule has 0 radical (unpaired) electrons. The molecule has 1 saturated heterocycles. The second kappa shape index (κ2) is 11.5. The van der Waals surface area contributed by atoms with Gasteiger partial charge in [0.2, 0.25) is 0 Å². The maximum atomic E-state index is 6.37. The van der Waals surface area contributed by atoms with Crippen LogP contribution in [0.25, 0.3) is 5.65 Å². The summed E-state index contributed by atoms with van der Waals surface area (Å²) in [5.74, 6) is 1.97. The molecule has 0 spiro atoms. The zero-order chi connectivity index (χ0) is 20.8. The standard InChI is InChI=1S/C22H28ClN7.HI/c1-2-24-22(25-12-7-11-21-27-26-20-10-5-6-13-30(20)21)29-16-14-28(15-17-29)19-9-4-3-8-18(19)23;/h3-6,8-10,13H,2,7,11-12,14-17H2,1H3,(H,24,25);1H. The molecular weight excluding hydrogens is 525 g/mol. The highest BCUT2D eigenvalue weighted by Gasteiger charge is 2.21. The Kier molecular flexibility index (Phi) is 8.77. The van der Waals surface area contributed by atoms with Crippen LogP contribution in [0.5, 0.6) is 0 Å². The van der Waals surface area contributed by atoms with E-state index in [1.165, 1.54) is 0 Å². The van der Waals surface area contributed by atoms with Crippen LogP contribution in [0.2, 0.25) is 5.02 Å². The summed E-state index contributed by atoms with van der Waals surface area (Å²) in [5, 5.41) is 12.8. The first kappa shape index (κ1) is 23.6. The van der Waals surface area contributed by atoms with Crippen molar-refractivity contribution in [2.75, 3.05) is 44.2 Å². The lowest BCUT2D eigenvalue weighted by Crippen LogP contribution is -2.52. The van der Waals surface area contributed by atoms with Crippen LogP contribution in [0.1, 0.15) is 19.2 Å². The van der Waals surface area contributed by atoms with Crippen molar-refractivity contribution in [3.63, 3.8) is 0 Å². The first-order valence-electron chi connectivity index (χ1n) is 10.6. The monoisotopic (exact) mass is 553 g/mol. The lowest BCUT2D eigenvalue weighted by molar-refractivity contribution is 0.372. The number of fused-ring (bicyclic) bond motifs is 1. The third-order valence-corrected chi connectivity index (χ3v) is 5.63. The molecule has 166 valence electrons. The summed E-state index contributed by atoms with van der Waals surface area (Å²) in [4.78, 5) is 9.54. The molecule has 1 aliphatic rings. The minimum atomic E-state index is 0. The molecule has 2 aromatic heterocycles. The maximum Gasteiger partial charge on any atom is 0.194 e. The van der Waals surface area contributed by atoms with Crippen molar-refractivity contribution < 1.29 is 0 Å². The topological polar surface area (TPSA) is 61.1 Å². The van der Waals surface area contributed by atoms with Crippen LogP contribution in [-0.4, -0.2) is 64.7 Å². The summed E-state index contributed by atoms with van der Waals surface area (Å²) >= 11 is 6.37. The zero-order valence-electron chi connectivity index (χ0n) is 17.7. The van der Waals surface area contributed by atoms with Crippen LogP contribution < -0.4 is 10.2 Å². The number of rotatable bonds is 6. The largest absolute Gasteiger partial charge is 0.367 e. The molecule has 0 amide bonds. The van der Waals surface area contributed by atoms with Gasteiger partial charge in [-0.1, -0.05) is 29.8 Å². The number of para-hydroxylation sites is 1. The van der Waals surface area contributed by atoms with Gasteiger partial charge in [0.1, 0.15) is 5.82 Å². The summed E-state index contributed by atoms with van der Waals surface area (Å²) in [5.41, 5.74) is 2.00. The summed E-state index contributed by atoms with van der Waals surface area (Å²) in [6.45, 7) is 7.43. The fraction of sp³-hybridized carbons (Fsp3) is 0.409. The number of aryl methyl sites for hydroxylation is 1. The molecule has 3 aromatic rings. The minimum absolute atomic E-state index is 0. The maximum absolute atomic E-state index is 6.37. The van der Waals surface area contributed by atoms with Crippen LogP contribution in [0.3, 0.4) is 0 Å². The second-order valence-corrected chi connectivity index (χ2v) is 7.72. The van der Waals surface area contributed by atoms with Crippen molar-refractivity contribution in [2.24, 2.45) is 4.99 Å². The molecule has 0 aliphatic carbocycles. The van der Waals surface area contributed by atoms with Gasteiger partial charge in [-0.2, -0.15) is 0 Å².